The number of methoxy groups -OCH3 is 1. The predicted molar refractivity (Wildman–Crippen MR) is 58.1 cm³/mol. The van der Waals surface area contributed by atoms with Gasteiger partial charge in [-0.25, -0.2) is 9.67 Å². The first-order valence-electron chi connectivity index (χ1n) is 5.00. The molecule has 0 aliphatic heterocycles. The van der Waals surface area contributed by atoms with Gasteiger partial charge < -0.3 is 14.5 Å². The summed E-state index contributed by atoms with van der Waals surface area (Å²) in [5.41, 5.74) is 0. The van der Waals surface area contributed by atoms with Crippen LogP contribution in [0.3, 0.4) is 0 Å². The Hall–Kier alpha value is -2.31. The van der Waals surface area contributed by atoms with Crippen LogP contribution in [0.1, 0.15) is 5.76 Å². The molecule has 0 aliphatic rings. The summed E-state index contributed by atoms with van der Waals surface area (Å²) in [5.74, 6) is 0.854. The second kappa shape index (κ2) is 5.15. The average molecular weight is 236 g/mol. The molecule has 0 atom stereocenters. The second-order valence-electron chi connectivity index (χ2n) is 3.27. The molecule has 0 amide bonds. The summed E-state index contributed by atoms with van der Waals surface area (Å²) in [6, 6.07) is 3.65. The standard InChI is InChI=1S/C10H12N4O3/c1-16-9(15)6-14-7-12-10(13-14)11-5-8-3-2-4-17-8/h2-4,7H,5-6H2,1H3,(H,11,13). The van der Waals surface area contributed by atoms with Gasteiger partial charge in [-0.15, -0.1) is 5.10 Å². The fraction of sp³-hybridized carbons (Fsp3) is 0.300. The summed E-state index contributed by atoms with van der Waals surface area (Å²) >= 11 is 0. The topological polar surface area (TPSA) is 82.2 Å². The highest BCUT2D eigenvalue weighted by atomic mass is 16.5. The molecular formula is C10H12N4O3. The van der Waals surface area contributed by atoms with E-state index in [4.69, 9.17) is 4.42 Å². The Morgan fingerprint density at radius 3 is 3.24 bits per heavy atom. The fourth-order valence-corrected chi connectivity index (χ4v) is 1.23. The largest absolute Gasteiger partial charge is 0.468 e. The molecule has 0 spiro atoms. The number of hydrogen-bond acceptors (Lipinski definition) is 6. The molecule has 2 heterocycles. The van der Waals surface area contributed by atoms with Crippen LogP contribution in [0.5, 0.6) is 0 Å². The zero-order valence-corrected chi connectivity index (χ0v) is 9.29. The van der Waals surface area contributed by atoms with Crippen LogP contribution in [0.25, 0.3) is 0 Å². The summed E-state index contributed by atoms with van der Waals surface area (Å²) in [7, 11) is 1.33. The molecular weight excluding hydrogens is 224 g/mol. The highest BCUT2D eigenvalue weighted by Crippen LogP contribution is 2.03. The molecule has 17 heavy (non-hydrogen) atoms. The van der Waals surface area contributed by atoms with Crippen LogP contribution >= 0.6 is 0 Å². The van der Waals surface area contributed by atoms with Crippen molar-refractivity contribution in [3.8, 4) is 0 Å². The number of aromatic nitrogens is 3. The van der Waals surface area contributed by atoms with Crippen molar-refractivity contribution in [3.63, 3.8) is 0 Å². The number of carbonyl (C=O) groups is 1. The molecule has 0 saturated heterocycles. The van der Waals surface area contributed by atoms with E-state index in [1.54, 1.807) is 12.3 Å². The van der Waals surface area contributed by atoms with Crippen molar-refractivity contribution in [2.24, 2.45) is 0 Å². The molecule has 7 heteroatoms. The normalized spacial score (nSPS) is 10.2. The van der Waals surface area contributed by atoms with E-state index in [1.807, 2.05) is 6.07 Å². The molecule has 0 bridgehead atoms. The highest BCUT2D eigenvalue weighted by Gasteiger charge is 2.05. The molecule has 0 fully saturated rings. The molecule has 7 nitrogen and oxygen atoms in total. The minimum absolute atomic E-state index is 0.0476. The van der Waals surface area contributed by atoms with Gasteiger partial charge in [0.05, 0.1) is 19.9 Å². The Morgan fingerprint density at radius 1 is 1.65 bits per heavy atom. The molecule has 0 aromatic carbocycles. The van der Waals surface area contributed by atoms with E-state index in [1.165, 1.54) is 18.1 Å². The van der Waals surface area contributed by atoms with Crippen molar-refractivity contribution in [1.29, 1.82) is 0 Å². The first kappa shape index (κ1) is 11.2. The summed E-state index contributed by atoms with van der Waals surface area (Å²) in [6.07, 6.45) is 3.06. The van der Waals surface area contributed by atoms with Crippen LogP contribution in [-0.4, -0.2) is 27.8 Å². The van der Waals surface area contributed by atoms with E-state index >= 15 is 0 Å². The minimum Gasteiger partial charge on any atom is -0.468 e. The van der Waals surface area contributed by atoms with E-state index in [0.29, 0.717) is 12.5 Å². The quantitative estimate of drug-likeness (QED) is 0.768. The summed E-state index contributed by atoms with van der Waals surface area (Å²) in [5, 5.41) is 7.02. The first-order valence-corrected chi connectivity index (χ1v) is 5.00. The molecule has 2 rings (SSSR count). The Morgan fingerprint density at radius 2 is 2.53 bits per heavy atom. The molecule has 2 aromatic heterocycles. The first-order chi connectivity index (χ1) is 8.28. The number of rotatable bonds is 5. The van der Waals surface area contributed by atoms with Crippen molar-refractivity contribution in [3.05, 3.63) is 30.5 Å². The number of carbonyl (C=O) groups excluding carboxylic acids is 1. The summed E-state index contributed by atoms with van der Waals surface area (Å²) in [4.78, 5) is 15.0. The molecule has 0 saturated carbocycles. The van der Waals surface area contributed by atoms with Gasteiger partial charge in [0.1, 0.15) is 18.6 Å². The van der Waals surface area contributed by atoms with Crippen LogP contribution in [0.2, 0.25) is 0 Å². The molecule has 0 unspecified atom stereocenters. The van der Waals surface area contributed by atoms with Crippen molar-refractivity contribution in [2.45, 2.75) is 13.1 Å². The Bertz CT molecular complexity index is 477. The third-order valence-corrected chi connectivity index (χ3v) is 2.06. The van der Waals surface area contributed by atoms with Gasteiger partial charge in [0, 0.05) is 0 Å². The van der Waals surface area contributed by atoms with Crippen molar-refractivity contribution >= 4 is 11.9 Å². The van der Waals surface area contributed by atoms with Crippen LogP contribution in [0.4, 0.5) is 5.95 Å². The molecule has 90 valence electrons. The number of ether oxygens (including phenoxy) is 1. The number of nitrogens with zero attached hydrogens (tertiary/aromatic N) is 3. The second-order valence-corrected chi connectivity index (χ2v) is 3.27. The number of anilines is 1. The van der Waals surface area contributed by atoms with Gasteiger partial charge >= 0.3 is 5.97 Å². The molecule has 0 aliphatic carbocycles. The van der Waals surface area contributed by atoms with E-state index in [9.17, 15) is 4.79 Å². The fourth-order valence-electron chi connectivity index (χ4n) is 1.23. The van der Waals surface area contributed by atoms with Crippen molar-refractivity contribution < 1.29 is 13.9 Å². The maximum atomic E-state index is 11.0. The van der Waals surface area contributed by atoms with Gasteiger partial charge in [0.2, 0.25) is 5.95 Å². The maximum absolute atomic E-state index is 11.0. The van der Waals surface area contributed by atoms with Gasteiger partial charge in [0.15, 0.2) is 0 Å². The average Bonchev–Trinajstić information content (AvgIpc) is 2.97. The number of furan rings is 1. The summed E-state index contributed by atoms with van der Waals surface area (Å²) in [6.45, 7) is 0.543. The van der Waals surface area contributed by atoms with E-state index in [2.05, 4.69) is 20.1 Å². The Kier molecular flexibility index (Phi) is 3.39. The van der Waals surface area contributed by atoms with Gasteiger partial charge in [-0.1, -0.05) is 0 Å². The Labute approximate surface area is 97.4 Å². The van der Waals surface area contributed by atoms with E-state index in [-0.39, 0.29) is 12.5 Å². The van der Waals surface area contributed by atoms with Gasteiger partial charge in [-0.2, -0.15) is 0 Å². The zero-order valence-electron chi connectivity index (χ0n) is 9.29. The molecule has 2 aromatic rings. The lowest BCUT2D eigenvalue weighted by Gasteiger charge is -1.99. The number of esters is 1. The minimum atomic E-state index is -0.368. The number of nitrogens with one attached hydrogen (secondary N) is 1. The molecule has 1 N–H and O–H groups in total. The Balaban J connectivity index is 1.88. The third kappa shape index (κ3) is 3.07. The highest BCUT2D eigenvalue weighted by molar-refractivity contribution is 5.68. The van der Waals surface area contributed by atoms with Crippen molar-refractivity contribution in [2.75, 3.05) is 12.4 Å². The zero-order chi connectivity index (χ0) is 12.1. The van der Waals surface area contributed by atoms with Gasteiger partial charge in [0.25, 0.3) is 0 Å². The SMILES string of the molecule is COC(=O)Cn1cnc(NCc2ccco2)n1. The van der Waals surface area contributed by atoms with Crippen LogP contribution < -0.4 is 5.32 Å². The van der Waals surface area contributed by atoms with E-state index in [0.717, 1.165) is 5.76 Å². The molecule has 0 radical (unpaired) electrons. The van der Waals surface area contributed by atoms with Crippen LogP contribution in [0.15, 0.2) is 29.1 Å². The van der Waals surface area contributed by atoms with Gasteiger partial charge in [-0.05, 0) is 12.1 Å². The van der Waals surface area contributed by atoms with Crippen molar-refractivity contribution in [1.82, 2.24) is 14.8 Å². The lowest BCUT2D eigenvalue weighted by atomic mass is 10.4. The van der Waals surface area contributed by atoms with E-state index < -0.39 is 0 Å². The van der Waals surface area contributed by atoms with Gasteiger partial charge in [-0.3, -0.25) is 4.79 Å². The smallest absolute Gasteiger partial charge is 0.327 e. The predicted octanol–water partition coefficient (Wildman–Crippen LogP) is 0.656. The third-order valence-electron chi connectivity index (χ3n) is 2.06. The lowest BCUT2D eigenvalue weighted by Crippen LogP contribution is -2.12. The van der Waals surface area contributed by atoms with Crippen LogP contribution in [-0.2, 0) is 22.6 Å². The van der Waals surface area contributed by atoms with Crippen LogP contribution in [0, 0.1) is 0 Å². The maximum Gasteiger partial charge on any atom is 0.327 e. The monoisotopic (exact) mass is 236 g/mol. The number of hydrogen-bond donors (Lipinski definition) is 1. The lowest BCUT2D eigenvalue weighted by molar-refractivity contribution is -0.141. The summed E-state index contributed by atoms with van der Waals surface area (Å²) < 4.78 is 11.1.